The number of hydrogen-bond donors (Lipinski definition) is 2. The van der Waals surface area contributed by atoms with Crippen molar-refractivity contribution in [3.63, 3.8) is 0 Å². The van der Waals surface area contributed by atoms with Crippen molar-refractivity contribution in [2.45, 2.75) is 57.0 Å². The number of fused-ring (bicyclic) bond motifs is 1. The van der Waals surface area contributed by atoms with Crippen molar-refractivity contribution >= 4 is 23.4 Å². The molecule has 32 heavy (non-hydrogen) atoms. The van der Waals surface area contributed by atoms with Crippen molar-refractivity contribution in [3.8, 4) is 5.75 Å². The summed E-state index contributed by atoms with van der Waals surface area (Å²) in [5.41, 5.74) is 7.48. The van der Waals surface area contributed by atoms with Gasteiger partial charge < -0.3 is 15.5 Å². The molecular formula is C24H29N5O2S. The van der Waals surface area contributed by atoms with Crippen LogP contribution in [0.25, 0.3) is 0 Å². The zero-order valence-electron chi connectivity index (χ0n) is 18.9. The number of ether oxygens (including phenoxy) is 1. The summed E-state index contributed by atoms with van der Waals surface area (Å²) in [7, 11) is 0. The fourth-order valence-electron chi connectivity index (χ4n) is 3.75. The average molecular weight is 452 g/mol. The SMILES string of the molecule is CCCc1nnc2n1N[C@H](c1ccc(OCC)cc1)[C@@H](C(=O)Nc1cc(C)ccc1C)S2. The third-order valence-corrected chi connectivity index (χ3v) is 6.65. The molecule has 4 rings (SSSR count). The summed E-state index contributed by atoms with van der Waals surface area (Å²) in [6.07, 6.45) is 1.78. The summed E-state index contributed by atoms with van der Waals surface area (Å²) in [5, 5.41) is 12.1. The Hall–Kier alpha value is -3.00. The van der Waals surface area contributed by atoms with Crippen molar-refractivity contribution in [2.75, 3.05) is 17.3 Å². The van der Waals surface area contributed by atoms with Gasteiger partial charge in [0.1, 0.15) is 11.0 Å². The van der Waals surface area contributed by atoms with Crippen LogP contribution in [-0.2, 0) is 11.2 Å². The summed E-state index contributed by atoms with van der Waals surface area (Å²) < 4.78 is 7.52. The molecule has 0 spiro atoms. The molecule has 3 aromatic rings. The van der Waals surface area contributed by atoms with Crippen LogP contribution in [0.2, 0.25) is 0 Å². The van der Waals surface area contributed by atoms with Crippen LogP contribution in [0.15, 0.2) is 47.6 Å². The fourth-order valence-corrected chi connectivity index (χ4v) is 4.85. The topological polar surface area (TPSA) is 81.1 Å². The number of rotatable bonds is 7. The van der Waals surface area contributed by atoms with Gasteiger partial charge >= 0.3 is 0 Å². The minimum Gasteiger partial charge on any atom is -0.494 e. The second kappa shape index (κ2) is 9.65. The number of carbonyl (C=O) groups is 1. The van der Waals surface area contributed by atoms with Gasteiger partial charge in [-0.25, -0.2) is 4.68 Å². The minimum atomic E-state index is -0.418. The van der Waals surface area contributed by atoms with Gasteiger partial charge in [-0.2, -0.15) is 0 Å². The van der Waals surface area contributed by atoms with Gasteiger partial charge in [-0.15, -0.1) is 10.2 Å². The summed E-state index contributed by atoms with van der Waals surface area (Å²) in [5.74, 6) is 1.62. The number of nitrogens with zero attached hydrogens (tertiary/aromatic N) is 3. The molecule has 168 valence electrons. The van der Waals surface area contributed by atoms with E-state index >= 15 is 0 Å². The second-order valence-electron chi connectivity index (χ2n) is 7.94. The number of thioether (sulfide) groups is 1. The number of carbonyl (C=O) groups excluding carboxylic acids is 1. The van der Waals surface area contributed by atoms with Crippen molar-refractivity contribution in [2.24, 2.45) is 0 Å². The highest BCUT2D eigenvalue weighted by Crippen LogP contribution is 2.38. The monoisotopic (exact) mass is 451 g/mol. The molecule has 2 heterocycles. The average Bonchev–Trinajstić information content (AvgIpc) is 3.18. The zero-order chi connectivity index (χ0) is 22.7. The lowest BCUT2D eigenvalue weighted by molar-refractivity contribution is -0.116. The van der Waals surface area contributed by atoms with Crippen LogP contribution < -0.4 is 15.5 Å². The smallest absolute Gasteiger partial charge is 0.240 e. The van der Waals surface area contributed by atoms with Gasteiger partial charge in [0.25, 0.3) is 0 Å². The van der Waals surface area contributed by atoms with E-state index in [2.05, 4.69) is 27.9 Å². The highest BCUT2D eigenvalue weighted by molar-refractivity contribution is 8.00. The Bertz CT molecular complexity index is 1100. The van der Waals surface area contributed by atoms with Crippen LogP contribution in [0, 0.1) is 13.8 Å². The number of amides is 1. The first-order valence-corrected chi connectivity index (χ1v) is 11.9. The standard InChI is InChI=1S/C24H29N5O2S/c1-5-7-20-26-27-24-29(20)28-21(17-10-12-18(13-11-17)31-6-2)22(32-24)23(30)25-19-14-15(3)8-9-16(19)4/h8-14,21-22,28H,5-7H2,1-4H3,(H,25,30)/t21-,22+/m1/s1. The van der Waals surface area contributed by atoms with Crippen LogP contribution in [-0.4, -0.2) is 32.6 Å². The molecule has 0 saturated heterocycles. The molecule has 0 fully saturated rings. The molecule has 2 atom stereocenters. The molecule has 1 aliphatic heterocycles. The van der Waals surface area contributed by atoms with E-state index in [0.29, 0.717) is 11.8 Å². The van der Waals surface area contributed by atoms with Crippen LogP contribution in [0.3, 0.4) is 0 Å². The van der Waals surface area contributed by atoms with Gasteiger partial charge in [-0.1, -0.05) is 43.0 Å². The zero-order valence-corrected chi connectivity index (χ0v) is 19.7. The third-order valence-electron chi connectivity index (χ3n) is 5.44. The number of anilines is 1. The summed E-state index contributed by atoms with van der Waals surface area (Å²) >= 11 is 1.44. The Balaban J connectivity index is 1.66. The summed E-state index contributed by atoms with van der Waals surface area (Å²) in [6.45, 7) is 8.71. The number of aryl methyl sites for hydroxylation is 3. The van der Waals surface area contributed by atoms with Crippen molar-refractivity contribution in [3.05, 3.63) is 65.0 Å². The summed E-state index contributed by atoms with van der Waals surface area (Å²) in [6, 6.07) is 13.7. The first-order valence-electron chi connectivity index (χ1n) is 11.0. The van der Waals surface area contributed by atoms with Crippen molar-refractivity contribution < 1.29 is 9.53 Å². The minimum absolute atomic E-state index is 0.0682. The van der Waals surface area contributed by atoms with Gasteiger partial charge in [0.05, 0.1) is 12.6 Å². The van der Waals surface area contributed by atoms with Gasteiger partial charge in [-0.05, 0) is 62.1 Å². The predicted molar refractivity (Wildman–Crippen MR) is 128 cm³/mol. The quantitative estimate of drug-likeness (QED) is 0.545. The van der Waals surface area contributed by atoms with Crippen LogP contribution >= 0.6 is 11.8 Å². The molecule has 1 aliphatic rings. The fraction of sp³-hybridized carbons (Fsp3) is 0.375. The molecule has 0 aliphatic carbocycles. The highest BCUT2D eigenvalue weighted by atomic mass is 32.2. The molecule has 1 amide bonds. The van der Waals surface area contributed by atoms with Gasteiger partial charge in [0.2, 0.25) is 11.1 Å². The van der Waals surface area contributed by atoms with E-state index in [1.165, 1.54) is 11.8 Å². The molecule has 2 N–H and O–H groups in total. The lowest BCUT2D eigenvalue weighted by Crippen LogP contribution is -2.41. The van der Waals surface area contributed by atoms with E-state index in [9.17, 15) is 4.79 Å². The van der Waals surface area contributed by atoms with Crippen LogP contribution in [0.1, 0.15) is 48.8 Å². The number of hydrogen-bond acceptors (Lipinski definition) is 6. The van der Waals surface area contributed by atoms with E-state index in [4.69, 9.17) is 4.74 Å². The molecule has 0 unspecified atom stereocenters. The van der Waals surface area contributed by atoms with Crippen molar-refractivity contribution in [1.29, 1.82) is 0 Å². The van der Waals surface area contributed by atoms with Gasteiger partial charge in [-0.3, -0.25) is 4.79 Å². The second-order valence-corrected chi connectivity index (χ2v) is 9.05. The third kappa shape index (κ3) is 4.60. The number of aromatic nitrogens is 3. The normalized spacial score (nSPS) is 17.4. The Morgan fingerprint density at radius 2 is 1.94 bits per heavy atom. The molecule has 0 radical (unpaired) electrons. The maximum absolute atomic E-state index is 13.5. The van der Waals surface area contributed by atoms with Gasteiger partial charge in [0.15, 0.2) is 5.82 Å². The van der Waals surface area contributed by atoms with E-state index in [1.807, 2.05) is 67.9 Å². The highest BCUT2D eigenvalue weighted by Gasteiger charge is 2.38. The van der Waals surface area contributed by atoms with E-state index < -0.39 is 5.25 Å². The molecule has 8 heteroatoms. The molecule has 0 bridgehead atoms. The van der Waals surface area contributed by atoms with Crippen LogP contribution in [0.4, 0.5) is 5.69 Å². The van der Waals surface area contributed by atoms with E-state index in [1.54, 1.807) is 0 Å². The van der Waals surface area contributed by atoms with E-state index in [0.717, 1.165) is 46.8 Å². The van der Waals surface area contributed by atoms with E-state index in [-0.39, 0.29) is 11.9 Å². The number of benzene rings is 2. The maximum atomic E-state index is 13.5. The molecule has 2 aromatic carbocycles. The first kappa shape index (κ1) is 22.2. The Morgan fingerprint density at radius 1 is 1.16 bits per heavy atom. The lowest BCUT2D eigenvalue weighted by Gasteiger charge is -2.33. The Morgan fingerprint density at radius 3 is 2.66 bits per heavy atom. The molecular weight excluding hydrogens is 422 g/mol. The first-order chi connectivity index (χ1) is 15.5. The van der Waals surface area contributed by atoms with Crippen molar-refractivity contribution in [1.82, 2.24) is 14.9 Å². The summed E-state index contributed by atoms with van der Waals surface area (Å²) in [4.78, 5) is 13.5. The molecule has 1 aromatic heterocycles. The van der Waals surface area contributed by atoms with Gasteiger partial charge in [0, 0.05) is 12.1 Å². The lowest BCUT2D eigenvalue weighted by atomic mass is 10.0. The molecule has 0 saturated carbocycles. The largest absolute Gasteiger partial charge is 0.494 e. The number of nitrogens with one attached hydrogen (secondary N) is 2. The predicted octanol–water partition coefficient (Wildman–Crippen LogP) is 4.64. The Kier molecular flexibility index (Phi) is 6.69. The Labute approximate surface area is 192 Å². The maximum Gasteiger partial charge on any atom is 0.240 e. The molecule has 7 nitrogen and oxygen atoms in total. The van der Waals surface area contributed by atoms with Crippen LogP contribution in [0.5, 0.6) is 5.75 Å².